The standard InChI is InChI=1S/C24H21N5/c1-19-12-14-22(15-13-19)25-16-23-27-24(17-26-21-10-6-3-7-11-21)29(28-23)18-20-8-4-2-5-9-20/h2-17H,18H2,1H3. The molecule has 4 rings (SSSR count). The van der Waals surface area contributed by atoms with Gasteiger partial charge in [0.05, 0.1) is 30.3 Å². The van der Waals surface area contributed by atoms with Crippen LogP contribution in [0.25, 0.3) is 0 Å². The van der Waals surface area contributed by atoms with Crippen molar-refractivity contribution < 1.29 is 0 Å². The number of rotatable bonds is 6. The van der Waals surface area contributed by atoms with E-state index < -0.39 is 0 Å². The number of aliphatic imine (C=N–C) groups is 2. The molecule has 5 nitrogen and oxygen atoms in total. The quantitative estimate of drug-likeness (QED) is 0.436. The molecule has 29 heavy (non-hydrogen) atoms. The van der Waals surface area contributed by atoms with Crippen LogP contribution in [0, 0.1) is 6.92 Å². The van der Waals surface area contributed by atoms with Crippen molar-refractivity contribution in [3.8, 4) is 0 Å². The van der Waals surface area contributed by atoms with Gasteiger partial charge in [-0.05, 0) is 36.8 Å². The minimum atomic E-state index is 0.552. The van der Waals surface area contributed by atoms with Crippen molar-refractivity contribution in [2.24, 2.45) is 9.98 Å². The van der Waals surface area contributed by atoms with E-state index in [1.807, 2.05) is 77.5 Å². The highest BCUT2D eigenvalue weighted by atomic mass is 15.3. The van der Waals surface area contributed by atoms with Gasteiger partial charge >= 0.3 is 0 Å². The van der Waals surface area contributed by atoms with Crippen molar-refractivity contribution in [3.05, 3.63) is 108 Å². The lowest BCUT2D eigenvalue weighted by Gasteiger charge is -2.02. The number of hydrogen-bond acceptors (Lipinski definition) is 4. The van der Waals surface area contributed by atoms with Crippen molar-refractivity contribution in [2.45, 2.75) is 13.5 Å². The molecule has 5 heteroatoms. The van der Waals surface area contributed by atoms with Crippen LogP contribution >= 0.6 is 0 Å². The van der Waals surface area contributed by atoms with E-state index in [0.29, 0.717) is 18.2 Å². The third kappa shape index (κ3) is 5.11. The predicted molar refractivity (Wildman–Crippen MR) is 118 cm³/mol. The van der Waals surface area contributed by atoms with Crippen molar-refractivity contribution in [3.63, 3.8) is 0 Å². The molecule has 0 aliphatic heterocycles. The van der Waals surface area contributed by atoms with E-state index in [0.717, 1.165) is 16.9 Å². The first kappa shape index (κ1) is 18.5. The van der Waals surface area contributed by atoms with Crippen LogP contribution in [0.4, 0.5) is 11.4 Å². The fraction of sp³-hybridized carbons (Fsp3) is 0.0833. The third-order valence-corrected chi connectivity index (χ3v) is 4.34. The summed E-state index contributed by atoms with van der Waals surface area (Å²) >= 11 is 0. The molecule has 0 spiro atoms. The van der Waals surface area contributed by atoms with Crippen LogP contribution in [-0.2, 0) is 6.54 Å². The molecule has 0 aliphatic carbocycles. The Bertz CT molecular complexity index is 1110. The predicted octanol–water partition coefficient (Wildman–Crippen LogP) is 5.14. The second-order valence-electron chi connectivity index (χ2n) is 6.66. The lowest BCUT2D eigenvalue weighted by Crippen LogP contribution is -2.06. The smallest absolute Gasteiger partial charge is 0.192 e. The van der Waals surface area contributed by atoms with Crippen LogP contribution in [0.2, 0.25) is 0 Å². The second-order valence-corrected chi connectivity index (χ2v) is 6.66. The number of para-hydroxylation sites is 1. The van der Waals surface area contributed by atoms with Crippen molar-refractivity contribution >= 4 is 23.8 Å². The Kier molecular flexibility index (Phi) is 5.67. The summed E-state index contributed by atoms with van der Waals surface area (Å²) in [7, 11) is 0. The summed E-state index contributed by atoms with van der Waals surface area (Å²) < 4.78 is 1.85. The van der Waals surface area contributed by atoms with Gasteiger partial charge in [-0.1, -0.05) is 66.2 Å². The normalized spacial score (nSPS) is 11.5. The molecule has 0 amide bonds. The first-order valence-corrected chi connectivity index (χ1v) is 9.45. The third-order valence-electron chi connectivity index (χ3n) is 4.34. The van der Waals surface area contributed by atoms with Gasteiger partial charge in [-0.3, -0.25) is 9.98 Å². The second kappa shape index (κ2) is 8.89. The molecular weight excluding hydrogens is 358 g/mol. The molecule has 0 aliphatic rings. The van der Waals surface area contributed by atoms with Crippen LogP contribution in [0.1, 0.15) is 22.8 Å². The number of hydrogen-bond donors (Lipinski definition) is 0. The minimum absolute atomic E-state index is 0.552. The highest BCUT2D eigenvalue weighted by molar-refractivity contribution is 5.82. The van der Waals surface area contributed by atoms with Gasteiger partial charge in [0, 0.05) is 0 Å². The fourth-order valence-corrected chi connectivity index (χ4v) is 2.80. The Morgan fingerprint density at radius 2 is 1.38 bits per heavy atom. The van der Waals surface area contributed by atoms with Crippen LogP contribution in [0.3, 0.4) is 0 Å². The Balaban J connectivity index is 1.62. The summed E-state index contributed by atoms with van der Waals surface area (Å²) in [5.74, 6) is 1.24. The van der Waals surface area contributed by atoms with Crippen LogP contribution in [0.5, 0.6) is 0 Å². The highest BCUT2D eigenvalue weighted by Gasteiger charge is 2.08. The molecule has 0 unspecified atom stereocenters. The topological polar surface area (TPSA) is 55.4 Å². The summed E-state index contributed by atoms with van der Waals surface area (Å²) in [4.78, 5) is 13.6. The SMILES string of the molecule is Cc1ccc(N=Cc2nc(C=Nc3ccccc3)n(Cc3ccccc3)n2)cc1. The van der Waals surface area contributed by atoms with Gasteiger partial charge in [0.1, 0.15) is 0 Å². The molecule has 1 aromatic heterocycles. The molecule has 0 N–H and O–H groups in total. The van der Waals surface area contributed by atoms with E-state index in [1.165, 1.54) is 5.56 Å². The molecule has 1 heterocycles. The number of aromatic nitrogens is 3. The van der Waals surface area contributed by atoms with Gasteiger partial charge in [0.2, 0.25) is 0 Å². The zero-order valence-corrected chi connectivity index (χ0v) is 16.2. The minimum Gasteiger partial charge on any atom is -0.253 e. The molecule has 0 bridgehead atoms. The van der Waals surface area contributed by atoms with Gasteiger partial charge in [-0.25, -0.2) is 9.67 Å². The van der Waals surface area contributed by atoms with Gasteiger partial charge < -0.3 is 0 Å². The molecule has 142 valence electrons. The number of nitrogens with zero attached hydrogens (tertiary/aromatic N) is 5. The van der Waals surface area contributed by atoms with Gasteiger partial charge in [0.25, 0.3) is 0 Å². The van der Waals surface area contributed by atoms with Crippen LogP contribution in [0.15, 0.2) is 94.9 Å². The van der Waals surface area contributed by atoms with Crippen LogP contribution in [-0.4, -0.2) is 27.2 Å². The van der Waals surface area contributed by atoms with Gasteiger partial charge in [-0.15, -0.1) is 5.10 Å². The maximum Gasteiger partial charge on any atom is 0.192 e. The Labute approximate surface area is 170 Å². The van der Waals surface area contributed by atoms with E-state index in [9.17, 15) is 0 Å². The molecule has 0 saturated carbocycles. The molecule has 3 aromatic carbocycles. The molecule has 0 radical (unpaired) electrons. The Morgan fingerprint density at radius 1 is 0.759 bits per heavy atom. The highest BCUT2D eigenvalue weighted by Crippen LogP contribution is 2.13. The molecule has 0 saturated heterocycles. The van der Waals surface area contributed by atoms with Gasteiger partial charge in [0.15, 0.2) is 11.6 Å². The lowest BCUT2D eigenvalue weighted by molar-refractivity contribution is 0.679. The Hall–Kier alpha value is -3.86. The monoisotopic (exact) mass is 379 g/mol. The molecular formula is C24H21N5. The van der Waals surface area contributed by atoms with Crippen molar-refractivity contribution in [1.29, 1.82) is 0 Å². The Morgan fingerprint density at radius 3 is 2.10 bits per heavy atom. The maximum atomic E-state index is 4.62. The average molecular weight is 379 g/mol. The van der Waals surface area contributed by atoms with E-state index in [4.69, 9.17) is 0 Å². The van der Waals surface area contributed by atoms with Crippen LogP contribution < -0.4 is 0 Å². The zero-order chi connectivity index (χ0) is 19.9. The maximum absolute atomic E-state index is 4.62. The summed E-state index contributed by atoms with van der Waals surface area (Å²) in [6.45, 7) is 2.67. The molecule has 4 aromatic rings. The van der Waals surface area contributed by atoms with E-state index in [-0.39, 0.29) is 0 Å². The largest absolute Gasteiger partial charge is 0.253 e. The first-order chi connectivity index (χ1) is 14.3. The number of benzene rings is 3. The average Bonchev–Trinajstić information content (AvgIpc) is 3.15. The lowest BCUT2D eigenvalue weighted by atomic mass is 10.2. The first-order valence-electron chi connectivity index (χ1n) is 9.45. The van der Waals surface area contributed by atoms with E-state index >= 15 is 0 Å². The summed E-state index contributed by atoms with van der Waals surface area (Å²) in [6, 6.07) is 28.0. The van der Waals surface area contributed by atoms with Gasteiger partial charge in [-0.2, -0.15) is 0 Å². The van der Waals surface area contributed by atoms with E-state index in [1.54, 1.807) is 12.4 Å². The summed E-state index contributed by atoms with van der Waals surface area (Å²) in [5.41, 5.74) is 4.09. The summed E-state index contributed by atoms with van der Waals surface area (Å²) in [6.07, 6.45) is 3.43. The zero-order valence-electron chi connectivity index (χ0n) is 16.2. The van der Waals surface area contributed by atoms with Crippen molar-refractivity contribution in [1.82, 2.24) is 14.8 Å². The van der Waals surface area contributed by atoms with Crippen molar-refractivity contribution in [2.75, 3.05) is 0 Å². The van der Waals surface area contributed by atoms with E-state index in [2.05, 4.69) is 39.1 Å². The fourth-order valence-electron chi connectivity index (χ4n) is 2.80. The molecule has 0 atom stereocenters. The summed E-state index contributed by atoms with van der Waals surface area (Å²) in [5, 5.41) is 4.62. The number of aryl methyl sites for hydroxylation is 1. The molecule has 0 fully saturated rings.